The van der Waals surface area contributed by atoms with Gasteiger partial charge in [-0.1, -0.05) is 97.1 Å². The van der Waals surface area contributed by atoms with Crippen molar-refractivity contribution in [1.82, 2.24) is 9.13 Å². The highest BCUT2D eigenvalue weighted by molar-refractivity contribution is 7.26. The van der Waals surface area contributed by atoms with E-state index in [9.17, 15) is 0 Å². The van der Waals surface area contributed by atoms with Gasteiger partial charge in [-0.15, -0.1) is 11.3 Å². The highest BCUT2D eigenvalue weighted by Crippen LogP contribution is 2.45. The number of nitrogens with zero attached hydrogens (tertiary/aromatic N) is 2. The van der Waals surface area contributed by atoms with Crippen LogP contribution in [0.4, 0.5) is 0 Å². The molecule has 0 unspecified atom stereocenters. The van der Waals surface area contributed by atoms with Crippen LogP contribution in [0.1, 0.15) is 0 Å². The fourth-order valence-corrected chi connectivity index (χ4v) is 8.44. The molecule has 0 aliphatic heterocycles. The molecule has 3 heterocycles. The Balaban J connectivity index is 1.35. The van der Waals surface area contributed by atoms with E-state index in [1.807, 2.05) is 11.3 Å². The molecule has 0 amide bonds. The zero-order chi connectivity index (χ0) is 28.1. The summed E-state index contributed by atoms with van der Waals surface area (Å²) in [6, 6.07) is 53.3. The zero-order valence-electron chi connectivity index (χ0n) is 23.2. The van der Waals surface area contributed by atoms with Gasteiger partial charge in [0.25, 0.3) is 0 Å². The summed E-state index contributed by atoms with van der Waals surface area (Å²) in [6.07, 6.45) is 0. The molecule has 3 aromatic heterocycles. The second kappa shape index (κ2) is 8.57. The number of thiophene rings is 1. The van der Waals surface area contributed by atoms with Crippen molar-refractivity contribution < 1.29 is 0 Å². The van der Waals surface area contributed by atoms with Crippen molar-refractivity contribution in [3.8, 4) is 11.4 Å². The minimum absolute atomic E-state index is 1.19. The molecule has 0 fully saturated rings. The fraction of sp³-hybridized carbons (Fsp3) is 0. The van der Waals surface area contributed by atoms with E-state index in [2.05, 4.69) is 155 Å². The Hall–Kier alpha value is -5.38. The number of para-hydroxylation sites is 3. The second-order valence-corrected chi connectivity index (χ2v) is 12.4. The number of rotatable bonds is 2. The topological polar surface area (TPSA) is 9.86 Å². The summed E-state index contributed by atoms with van der Waals surface area (Å²) in [6.45, 7) is 0. The average Bonchev–Trinajstić information content (AvgIpc) is 3.71. The van der Waals surface area contributed by atoms with Crippen molar-refractivity contribution in [2.24, 2.45) is 0 Å². The summed E-state index contributed by atoms with van der Waals surface area (Å²) in [5.74, 6) is 0. The van der Waals surface area contributed by atoms with Gasteiger partial charge in [0, 0.05) is 48.4 Å². The summed E-state index contributed by atoms with van der Waals surface area (Å²) >= 11 is 1.91. The third kappa shape index (κ3) is 3.17. The van der Waals surface area contributed by atoms with Crippen molar-refractivity contribution in [2.75, 3.05) is 0 Å². The lowest BCUT2D eigenvalue weighted by atomic mass is 10.1. The maximum absolute atomic E-state index is 2.48. The van der Waals surface area contributed by atoms with Gasteiger partial charge in [0.15, 0.2) is 0 Å². The van der Waals surface area contributed by atoms with E-state index in [4.69, 9.17) is 0 Å². The van der Waals surface area contributed by atoms with Crippen LogP contribution in [-0.4, -0.2) is 9.13 Å². The first kappa shape index (κ1) is 23.2. The lowest BCUT2D eigenvalue weighted by Crippen LogP contribution is -1.93. The average molecular weight is 565 g/mol. The van der Waals surface area contributed by atoms with Crippen molar-refractivity contribution in [2.45, 2.75) is 0 Å². The molecular weight excluding hydrogens is 541 g/mol. The van der Waals surface area contributed by atoms with Gasteiger partial charge in [0.1, 0.15) is 0 Å². The predicted octanol–water partition coefficient (Wildman–Crippen LogP) is 11.4. The quantitative estimate of drug-likeness (QED) is 0.198. The van der Waals surface area contributed by atoms with Crippen LogP contribution >= 0.6 is 11.3 Å². The van der Waals surface area contributed by atoms with E-state index in [0.717, 1.165) is 0 Å². The molecule has 0 saturated heterocycles. The lowest BCUT2D eigenvalue weighted by Gasteiger charge is -2.10. The highest BCUT2D eigenvalue weighted by Gasteiger charge is 2.20. The maximum Gasteiger partial charge on any atom is 0.0719 e. The van der Waals surface area contributed by atoms with Gasteiger partial charge in [-0.25, -0.2) is 0 Å². The molecule has 0 N–H and O–H groups in total. The number of fused-ring (bicyclic) bond motifs is 11. The predicted molar refractivity (Wildman–Crippen MR) is 186 cm³/mol. The standard InChI is InChI=1S/C40H24N2S/c1-2-12-27(13-3-1)41-35-16-8-7-15-30(35)33-23-34-32-21-20-31-29-14-6-9-17-36(29)42(39(31)40(32)43-38(34)24-37(33)41)28-19-18-25-10-4-5-11-26(25)22-28/h1-24H. The summed E-state index contributed by atoms with van der Waals surface area (Å²) in [7, 11) is 0. The van der Waals surface area contributed by atoms with Gasteiger partial charge >= 0.3 is 0 Å². The Kier molecular flexibility index (Phi) is 4.63. The minimum Gasteiger partial charge on any atom is -0.309 e. The number of aromatic nitrogens is 2. The van der Waals surface area contributed by atoms with E-state index in [0.29, 0.717) is 0 Å². The largest absolute Gasteiger partial charge is 0.309 e. The number of benzene rings is 7. The molecule has 3 heteroatoms. The fourth-order valence-electron chi connectivity index (χ4n) is 7.18. The van der Waals surface area contributed by atoms with Gasteiger partial charge in [-0.05, 0) is 59.3 Å². The van der Waals surface area contributed by atoms with Crippen molar-refractivity contribution in [3.63, 3.8) is 0 Å². The number of hydrogen-bond donors (Lipinski definition) is 0. The molecule has 200 valence electrons. The van der Waals surface area contributed by atoms with Crippen LogP contribution < -0.4 is 0 Å². The van der Waals surface area contributed by atoms with Crippen LogP contribution in [-0.2, 0) is 0 Å². The van der Waals surface area contributed by atoms with E-state index in [-0.39, 0.29) is 0 Å². The van der Waals surface area contributed by atoms with Crippen molar-refractivity contribution >= 4 is 85.9 Å². The van der Waals surface area contributed by atoms with Crippen molar-refractivity contribution in [1.29, 1.82) is 0 Å². The molecule has 10 rings (SSSR count). The van der Waals surface area contributed by atoms with E-state index in [1.165, 1.54) is 85.9 Å². The minimum atomic E-state index is 1.19. The molecule has 7 aromatic carbocycles. The van der Waals surface area contributed by atoms with Gasteiger partial charge in [-0.3, -0.25) is 0 Å². The normalized spacial score (nSPS) is 12.2. The molecule has 0 aliphatic carbocycles. The van der Waals surface area contributed by atoms with Crippen LogP contribution in [0, 0.1) is 0 Å². The Morgan fingerprint density at radius 2 is 1.05 bits per heavy atom. The summed E-state index contributed by atoms with van der Waals surface area (Å²) in [5.41, 5.74) is 7.40. The molecular formula is C40H24N2S. The van der Waals surface area contributed by atoms with Crippen LogP contribution in [0.25, 0.3) is 85.9 Å². The van der Waals surface area contributed by atoms with E-state index in [1.54, 1.807) is 0 Å². The molecule has 0 bridgehead atoms. The van der Waals surface area contributed by atoms with Crippen LogP contribution in [0.15, 0.2) is 146 Å². The van der Waals surface area contributed by atoms with Gasteiger partial charge in [0.2, 0.25) is 0 Å². The molecule has 0 aliphatic rings. The second-order valence-electron chi connectivity index (χ2n) is 11.4. The van der Waals surface area contributed by atoms with Crippen LogP contribution in [0.5, 0.6) is 0 Å². The van der Waals surface area contributed by atoms with Gasteiger partial charge in [0.05, 0.1) is 26.8 Å². The first-order chi connectivity index (χ1) is 21.3. The molecule has 0 radical (unpaired) electrons. The first-order valence-electron chi connectivity index (χ1n) is 14.7. The molecule has 43 heavy (non-hydrogen) atoms. The van der Waals surface area contributed by atoms with E-state index < -0.39 is 0 Å². The van der Waals surface area contributed by atoms with Crippen LogP contribution in [0.2, 0.25) is 0 Å². The van der Waals surface area contributed by atoms with Crippen molar-refractivity contribution in [3.05, 3.63) is 146 Å². The molecule has 0 spiro atoms. The molecule has 10 aromatic rings. The highest BCUT2D eigenvalue weighted by atomic mass is 32.1. The molecule has 2 nitrogen and oxygen atoms in total. The summed E-state index contributed by atoms with van der Waals surface area (Å²) in [5, 5.41) is 10.3. The third-order valence-electron chi connectivity index (χ3n) is 9.07. The smallest absolute Gasteiger partial charge is 0.0719 e. The van der Waals surface area contributed by atoms with Gasteiger partial charge < -0.3 is 9.13 Å². The Bertz CT molecular complexity index is 2720. The van der Waals surface area contributed by atoms with Crippen LogP contribution in [0.3, 0.4) is 0 Å². The molecule has 0 atom stereocenters. The number of hydrogen-bond acceptors (Lipinski definition) is 1. The van der Waals surface area contributed by atoms with E-state index >= 15 is 0 Å². The molecule has 0 saturated carbocycles. The third-order valence-corrected chi connectivity index (χ3v) is 10.2. The first-order valence-corrected chi connectivity index (χ1v) is 15.5. The summed E-state index contributed by atoms with van der Waals surface area (Å²) in [4.78, 5) is 0. The lowest BCUT2D eigenvalue weighted by molar-refractivity contribution is 1.18. The Morgan fingerprint density at radius 1 is 0.372 bits per heavy atom. The zero-order valence-corrected chi connectivity index (χ0v) is 24.0. The summed E-state index contributed by atoms with van der Waals surface area (Å²) < 4.78 is 7.54. The Labute approximate surface area is 251 Å². The van der Waals surface area contributed by atoms with Gasteiger partial charge in [-0.2, -0.15) is 0 Å². The Morgan fingerprint density at radius 3 is 1.88 bits per heavy atom. The maximum atomic E-state index is 2.48. The monoisotopic (exact) mass is 564 g/mol. The SMILES string of the molecule is c1ccc(-n2c3ccccc3c3cc4c(cc32)sc2c4ccc3c4ccccc4n(-c4ccc5ccccc5c4)c32)cc1.